The van der Waals surface area contributed by atoms with Crippen molar-refractivity contribution in [2.75, 3.05) is 12.4 Å². The van der Waals surface area contributed by atoms with E-state index in [-0.39, 0.29) is 6.61 Å². The molecule has 1 atom stereocenters. The van der Waals surface area contributed by atoms with Crippen LogP contribution in [0.25, 0.3) is 11.5 Å². The molecule has 0 saturated carbocycles. The number of hydrogen-bond acceptors (Lipinski definition) is 6. The van der Waals surface area contributed by atoms with Gasteiger partial charge < -0.3 is 14.3 Å². The second-order valence-electron chi connectivity index (χ2n) is 5.45. The van der Waals surface area contributed by atoms with E-state index in [1.807, 2.05) is 30.3 Å². The number of hydrogen-bond donors (Lipinski definition) is 1. The topological polar surface area (TPSA) is 68.4 Å². The van der Waals surface area contributed by atoms with Gasteiger partial charge in [-0.05, 0) is 35.9 Å². The van der Waals surface area contributed by atoms with Gasteiger partial charge in [0, 0.05) is 21.4 Å². The number of aliphatic hydroxyl groups is 1. The molecule has 8 heteroatoms. The maximum absolute atomic E-state index is 10.0. The average molecular weight is 411 g/mol. The van der Waals surface area contributed by atoms with Crippen molar-refractivity contribution in [2.24, 2.45) is 0 Å². The molecule has 0 unspecified atom stereocenters. The fourth-order valence-electron chi connectivity index (χ4n) is 2.11. The zero-order valence-electron chi connectivity index (χ0n) is 13.6. The van der Waals surface area contributed by atoms with Gasteiger partial charge in [0.15, 0.2) is 0 Å². The number of thioether (sulfide) groups is 1. The summed E-state index contributed by atoms with van der Waals surface area (Å²) < 4.78 is 11.1. The molecule has 26 heavy (non-hydrogen) atoms. The lowest BCUT2D eigenvalue weighted by atomic mass is 10.2. The summed E-state index contributed by atoms with van der Waals surface area (Å²) in [6, 6.07) is 14.6. The molecule has 0 aliphatic carbocycles. The molecule has 1 N–H and O–H groups in total. The lowest BCUT2D eigenvalue weighted by molar-refractivity contribution is 0.0397. The van der Waals surface area contributed by atoms with E-state index < -0.39 is 6.10 Å². The van der Waals surface area contributed by atoms with E-state index in [9.17, 15) is 5.11 Å². The first kappa shape index (κ1) is 19.2. The molecule has 0 aliphatic heterocycles. The summed E-state index contributed by atoms with van der Waals surface area (Å²) in [5.74, 6) is 0.790. The van der Waals surface area contributed by atoms with Crippen molar-refractivity contribution in [3.05, 3.63) is 64.1 Å². The Hall–Kier alpha value is -1.57. The van der Waals surface area contributed by atoms with Gasteiger partial charge in [-0.3, -0.25) is 0 Å². The monoisotopic (exact) mass is 410 g/mol. The Labute approximate surface area is 165 Å². The minimum atomic E-state index is -0.659. The molecule has 0 spiro atoms. The van der Waals surface area contributed by atoms with Crippen LogP contribution in [-0.4, -0.2) is 33.8 Å². The van der Waals surface area contributed by atoms with E-state index in [4.69, 9.17) is 32.4 Å². The molecule has 3 aromatic rings. The van der Waals surface area contributed by atoms with Gasteiger partial charge in [0.1, 0.15) is 0 Å². The Morgan fingerprint density at radius 2 is 1.85 bits per heavy atom. The van der Waals surface area contributed by atoms with E-state index in [1.54, 1.807) is 18.2 Å². The lowest BCUT2D eigenvalue weighted by Gasteiger charge is -2.10. The van der Waals surface area contributed by atoms with Crippen molar-refractivity contribution in [3.8, 4) is 11.5 Å². The number of aliphatic hydroxyl groups excluding tert-OH is 1. The van der Waals surface area contributed by atoms with Crippen LogP contribution in [0.5, 0.6) is 0 Å². The highest BCUT2D eigenvalue weighted by molar-refractivity contribution is 7.99. The SMILES string of the molecule is O[C@@H](COCc1ccccc1Cl)CSc1nnc(-c2ccc(Cl)cc2)o1. The molecule has 0 saturated heterocycles. The summed E-state index contributed by atoms with van der Waals surface area (Å²) >= 11 is 13.2. The Morgan fingerprint density at radius 1 is 1.08 bits per heavy atom. The predicted molar refractivity (Wildman–Crippen MR) is 103 cm³/mol. The van der Waals surface area contributed by atoms with E-state index in [0.717, 1.165) is 11.1 Å². The number of rotatable bonds is 8. The minimum absolute atomic E-state index is 0.191. The van der Waals surface area contributed by atoms with Gasteiger partial charge in [0.25, 0.3) is 5.22 Å². The standard InChI is InChI=1S/C18H16Cl2N2O3S/c19-14-7-5-12(6-8-14)17-21-22-18(25-17)26-11-15(23)10-24-9-13-3-1-2-4-16(13)20/h1-8,15,23H,9-11H2/t15-/m0/s1. The van der Waals surface area contributed by atoms with Crippen LogP contribution in [0.4, 0.5) is 0 Å². The molecule has 0 aliphatic rings. The van der Waals surface area contributed by atoms with Crippen LogP contribution in [0.3, 0.4) is 0 Å². The maximum Gasteiger partial charge on any atom is 0.276 e. The quantitative estimate of drug-likeness (QED) is 0.542. The first-order valence-electron chi connectivity index (χ1n) is 7.83. The third-order valence-corrected chi connectivity index (χ3v) is 5.01. The normalized spacial score (nSPS) is 12.3. The number of benzene rings is 2. The molecule has 1 aromatic heterocycles. The molecule has 0 radical (unpaired) electrons. The van der Waals surface area contributed by atoms with E-state index in [1.165, 1.54) is 11.8 Å². The smallest absolute Gasteiger partial charge is 0.276 e. The van der Waals surface area contributed by atoms with Gasteiger partial charge >= 0.3 is 0 Å². The van der Waals surface area contributed by atoms with Crippen LogP contribution in [0, 0.1) is 0 Å². The van der Waals surface area contributed by atoms with Crippen LogP contribution < -0.4 is 0 Å². The number of ether oxygens (including phenoxy) is 1. The molecule has 0 amide bonds. The van der Waals surface area contributed by atoms with Gasteiger partial charge in [-0.15, -0.1) is 10.2 Å². The molecule has 0 bridgehead atoms. The average Bonchev–Trinajstić information content (AvgIpc) is 3.11. The summed E-state index contributed by atoms with van der Waals surface area (Å²) in [4.78, 5) is 0. The largest absolute Gasteiger partial charge is 0.411 e. The lowest BCUT2D eigenvalue weighted by Crippen LogP contribution is -2.18. The number of nitrogens with zero attached hydrogens (tertiary/aromatic N) is 2. The van der Waals surface area contributed by atoms with Crippen molar-refractivity contribution >= 4 is 35.0 Å². The fourth-order valence-corrected chi connectivity index (χ4v) is 3.10. The maximum atomic E-state index is 10.0. The summed E-state index contributed by atoms with van der Waals surface area (Å²) in [5.41, 5.74) is 1.68. The summed E-state index contributed by atoms with van der Waals surface area (Å²) in [6.45, 7) is 0.541. The summed E-state index contributed by atoms with van der Waals surface area (Å²) in [7, 11) is 0. The van der Waals surface area contributed by atoms with Crippen LogP contribution >= 0.6 is 35.0 Å². The van der Waals surface area contributed by atoms with Crippen LogP contribution in [0.15, 0.2) is 58.2 Å². The Morgan fingerprint density at radius 3 is 2.62 bits per heavy atom. The highest BCUT2D eigenvalue weighted by Crippen LogP contribution is 2.24. The van der Waals surface area contributed by atoms with E-state index >= 15 is 0 Å². The first-order valence-corrected chi connectivity index (χ1v) is 9.57. The van der Waals surface area contributed by atoms with Gasteiger partial charge in [0.2, 0.25) is 5.89 Å². The van der Waals surface area contributed by atoms with Gasteiger partial charge in [0.05, 0.1) is 19.3 Å². The Bertz CT molecular complexity index is 842. The third kappa shape index (κ3) is 5.46. The Balaban J connectivity index is 1.44. The zero-order valence-corrected chi connectivity index (χ0v) is 16.0. The van der Waals surface area contributed by atoms with Crippen molar-refractivity contribution in [2.45, 2.75) is 17.9 Å². The minimum Gasteiger partial charge on any atom is -0.411 e. The molecular weight excluding hydrogens is 395 g/mol. The van der Waals surface area contributed by atoms with Crippen LogP contribution in [0.1, 0.15) is 5.56 Å². The van der Waals surface area contributed by atoms with Gasteiger partial charge in [-0.25, -0.2) is 0 Å². The summed E-state index contributed by atoms with van der Waals surface area (Å²) in [6.07, 6.45) is -0.659. The van der Waals surface area contributed by atoms with Crippen LogP contribution in [0.2, 0.25) is 10.0 Å². The highest BCUT2D eigenvalue weighted by atomic mass is 35.5. The van der Waals surface area contributed by atoms with Crippen molar-refractivity contribution in [1.82, 2.24) is 10.2 Å². The van der Waals surface area contributed by atoms with Gasteiger partial charge in [-0.1, -0.05) is 53.2 Å². The number of aromatic nitrogens is 2. The van der Waals surface area contributed by atoms with Crippen molar-refractivity contribution < 1.29 is 14.3 Å². The second kappa shape index (κ2) is 9.39. The molecule has 3 rings (SSSR count). The molecule has 5 nitrogen and oxygen atoms in total. The molecule has 136 valence electrons. The molecule has 0 fully saturated rings. The number of halogens is 2. The molecule has 1 heterocycles. The Kier molecular flexibility index (Phi) is 6.93. The van der Waals surface area contributed by atoms with Crippen LogP contribution in [-0.2, 0) is 11.3 Å². The second-order valence-corrected chi connectivity index (χ2v) is 7.27. The third-order valence-electron chi connectivity index (χ3n) is 3.42. The first-order chi connectivity index (χ1) is 12.6. The zero-order chi connectivity index (χ0) is 18.4. The van der Waals surface area contributed by atoms with Crippen molar-refractivity contribution in [3.63, 3.8) is 0 Å². The fraction of sp³-hybridized carbons (Fsp3) is 0.222. The highest BCUT2D eigenvalue weighted by Gasteiger charge is 2.12. The van der Waals surface area contributed by atoms with Crippen molar-refractivity contribution in [1.29, 1.82) is 0 Å². The summed E-state index contributed by atoms with van der Waals surface area (Å²) in [5, 5.41) is 19.7. The van der Waals surface area contributed by atoms with E-state index in [2.05, 4.69) is 10.2 Å². The molecule has 2 aromatic carbocycles. The molecular formula is C18H16Cl2N2O3S. The van der Waals surface area contributed by atoms with Gasteiger partial charge in [-0.2, -0.15) is 0 Å². The predicted octanol–water partition coefficient (Wildman–Crippen LogP) is 4.71. The van der Waals surface area contributed by atoms with E-state index in [0.29, 0.717) is 33.5 Å².